The van der Waals surface area contributed by atoms with Gasteiger partial charge in [-0.2, -0.15) is 0 Å². The maximum absolute atomic E-state index is 5.84. The van der Waals surface area contributed by atoms with Gasteiger partial charge in [0.2, 0.25) is 0 Å². The van der Waals surface area contributed by atoms with Gasteiger partial charge in [-0.25, -0.2) is 0 Å². The Bertz CT molecular complexity index is 813. The van der Waals surface area contributed by atoms with Crippen LogP contribution in [0.2, 0.25) is 0 Å². The Morgan fingerprint density at radius 3 is 2.30 bits per heavy atom. The summed E-state index contributed by atoms with van der Waals surface area (Å²) in [6.45, 7) is 5.51. The average molecular weight is 361 g/mol. The van der Waals surface area contributed by atoms with Crippen LogP contribution < -0.4 is 14.8 Å². The summed E-state index contributed by atoms with van der Waals surface area (Å²) < 4.78 is 11.6. The first-order chi connectivity index (χ1) is 13.2. The number of hydrogen-bond donors (Lipinski definition) is 1. The van der Waals surface area contributed by atoms with Gasteiger partial charge in [-0.05, 0) is 49.2 Å². The van der Waals surface area contributed by atoms with E-state index in [2.05, 4.69) is 41.7 Å². The summed E-state index contributed by atoms with van der Waals surface area (Å²) in [6, 6.07) is 26.7. The summed E-state index contributed by atoms with van der Waals surface area (Å²) in [5, 5.41) is 3.44. The Balaban J connectivity index is 1.46. The molecule has 3 rings (SSSR count). The molecule has 0 radical (unpaired) electrons. The van der Waals surface area contributed by atoms with Crippen molar-refractivity contribution < 1.29 is 9.47 Å². The Hall–Kier alpha value is -2.94. The van der Waals surface area contributed by atoms with Crippen LogP contribution in [0.5, 0.6) is 11.5 Å². The molecule has 0 atom stereocenters. The number of benzene rings is 3. The standard InChI is InChI=1S/C24H27NO2/c1-19(2)27-24-10-6-9-22(17-24)25-18-21-11-13-23(14-12-21)26-16-15-20-7-4-3-5-8-20/h3-14,17,19,25H,15-16,18H2,1-2H3. The van der Waals surface area contributed by atoms with Crippen molar-refractivity contribution in [2.75, 3.05) is 11.9 Å². The highest BCUT2D eigenvalue weighted by atomic mass is 16.5. The minimum absolute atomic E-state index is 0.176. The third kappa shape index (κ3) is 6.37. The van der Waals surface area contributed by atoms with Crippen LogP contribution in [0.15, 0.2) is 78.9 Å². The van der Waals surface area contributed by atoms with Crippen LogP contribution in [0.1, 0.15) is 25.0 Å². The lowest BCUT2D eigenvalue weighted by Crippen LogP contribution is -2.06. The lowest BCUT2D eigenvalue weighted by atomic mass is 10.2. The third-order valence-corrected chi connectivity index (χ3v) is 4.13. The smallest absolute Gasteiger partial charge is 0.121 e. The first-order valence-electron chi connectivity index (χ1n) is 9.45. The van der Waals surface area contributed by atoms with Gasteiger partial charge in [0.15, 0.2) is 0 Å². The molecule has 27 heavy (non-hydrogen) atoms. The zero-order valence-corrected chi connectivity index (χ0v) is 16.0. The Morgan fingerprint density at radius 2 is 1.56 bits per heavy atom. The average Bonchev–Trinajstić information content (AvgIpc) is 2.68. The molecule has 0 saturated heterocycles. The quantitative estimate of drug-likeness (QED) is 0.530. The van der Waals surface area contributed by atoms with E-state index >= 15 is 0 Å². The molecule has 0 bridgehead atoms. The highest BCUT2D eigenvalue weighted by Crippen LogP contribution is 2.20. The van der Waals surface area contributed by atoms with Crippen LogP contribution in [-0.4, -0.2) is 12.7 Å². The van der Waals surface area contributed by atoms with Crippen molar-refractivity contribution in [2.24, 2.45) is 0 Å². The zero-order valence-electron chi connectivity index (χ0n) is 16.0. The van der Waals surface area contributed by atoms with Gasteiger partial charge in [0.25, 0.3) is 0 Å². The summed E-state index contributed by atoms with van der Waals surface area (Å²) in [7, 11) is 0. The minimum Gasteiger partial charge on any atom is -0.493 e. The second-order valence-electron chi connectivity index (χ2n) is 6.78. The SMILES string of the molecule is CC(C)Oc1cccc(NCc2ccc(OCCc3ccccc3)cc2)c1. The molecule has 0 amide bonds. The molecular weight excluding hydrogens is 334 g/mol. The fraction of sp³-hybridized carbons (Fsp3) is 0.250. The molecule has 0 aliphatic carbocycles. The number of anilines is 1. The maximum atomic E-state index is 5.84. The van der Waals surface area contributed by atoms with Crippen molar-refractivity contribution in [3.63, 3.8) is 0 Å². The molecule has 0 spiro atoms. The van der Waals surface area contributed by atoms with E-state index in [9.17, 15) is 0 Å². The first-order valence-corrected chi connectivity index (χ1v) is 9.45. The molecule has 0 unspecified atom stereocenters. The highest BCUT2D eigenvalue weighted by Gasteiger charge is 2.01. The molecule has 0 aliphatic heterocycles. The van der Waals surface area contributed by atoms with E-state index < -0.39 is 0 Å². The first kappa shape index (κ1) is 18.8. The predicted octanol–water partition coefficient (Wildman–Crippen LogP) is 5.71. The maximum Gasteiger partial charge on any atom is 0.121 e. The van der Waals surface area contributed by atoms with Crippen LogP contribution >= 0.6 is 0 Å². The predicted molar refractivity (Wildman–Crippen MR) is 112 cm³/mol. The Kier molecular flexibility index (Phi) is 6.75. The van der Waals surface area contributed by atoms with Gasteiger partial charge in [0, 0.05) is 24.7 Å². The molecule has 0 saturated carbocycles. The van der Waals surface area contributed by atoms with Crippen LogP contribution in [0.25, 0.3) is 0 Å². The number of rotatable bonds is 9. The molecule has 0 heterocycles. The van der Waals surface area contributed by atoms with E-state index in [4.69, 9.17) is 9.47 Å². The van der Waals surface area contributed by atoms with E-state index in [0.717, 1.165) is 30.2 Å². The summed E-state index contributed by atoms with van der Waals surface area (Å²) in [4.78, 5) is 0. The van der Waals surface area contributed by atoms with Gasteiger partial charge in [-0.3, -0.25) is 0 Å². The normalized spacial score (nSPS) is 10.6. The van der Waals surface area contributed by atoms with Gasteiger partial charge in [-0.15, -0.1) is 0 Å². The summed E-state index contributed by atoms with van der Waals surface area (Å²) in [6.07, 6.45) is 1.09. The van der Waals surface area contributed by atoms with Gasteiger partial charge >= 0.3 is 0 Å². The van der Waals surface area contributed by atoms with E-state index in [1.165, 1.54) is 11.1 Å². The van der Waals surface area contributed by atoms with Crippen molar-refractivity contribution in [1.82, 2.24) is 0 Å². The van der Waals surface area contributed by atoms with Crippen molar-refractivity contribution in [1.29, 1.82) is 0 Å². The van der Waals surface area contributed by atoms with Crippen LogP contribution in [0.4, 0.5) is 5.69 Å². The van der Waals surface area contributed by atoms with Crippen LogP contribution in [-0.2, 0) is 13.0 Å². The van der Waals surface area contributed by atoms with Crippen molar-refractivity contribution >= 4 is 5.69 Å². The molecule has 0 aliphatic rings. The highest BCUT2D eigenvalue weighted by molar-refractivity contribution is 5.48. The van der Waals surface area contributed by atoms with Gasteiger partial charge in [0.1, 0.15) is 11.5 Å². The van der Waals surface area contributed by atoms with Gasteiger partial charge in [0.05, 0.1) is 12.7 Å². The summed E-state index contributed by atoms with van der Waals surface area (Å²) in [5.41, 5.74) is 3.55. The molecule has 0 aromatic heterocycles. The lowest BCUT2D eigenvalue weighted by molar-refractivity contribution is 0.242. The fourth-order valence-corrected chi connectivity index (χ4v) is 2.79. The fourth-order valence-electron chi connectivity index (χ4n) is 2.79. The molecular formula is C24H27NO2. The largest absolute Gasteiger partial charge is 0.493 e. The molecule has 3 aromatic carbocycles. The molecule has 0 fully saturated rings. The van der Waals surface area contributed by atoms with Crippen LogP contribution in [0, 0.1) is 0 Å². The van der Waals surface area contributed by atoms with Crippen molar-refractivity contribution in [3.8, 4) is 11.5 Å². The van der Waals surface area contributed by atoms with E-state index in [1.54, 1.807) is 0 Å². The summed E-state index contributed by atoms with van der Waals surface area (Å²) >= 11 is 0. The van der Waals surface area contributed by atoms with Gasteiger partial charge in [-0.1, -0.05) is 48.5 Å². The Labute approximate surface area is 162 Å². The summed E-state index contributed by atoms with van der Waals surface area (Å²) in [5.74, 6) is 1.79. The molecule has 3 aromatic rings. The number of ether oxygens (including phenoxy) is 2. The second-order valence-corrected chi connectivity index (χ2v) is 6.78. The lowest BCUT2D eigenvalue weighted by Gasteiger charge is -2.12. The minimum atomic E-state index is 0.176. The Morgan fingerprint density at radius 1 is 0.778 bits per heavy atom. The second kappa shape index (κ2) is 9.67. The molecule has 3 heteroatoms. The number of hydrogen-bond acceptors (Lipinski definition) is 3. The van der Waals surface area contributed by atoms with Crippen molar-refractivity contribution in [2.45, 2.75) is 32.9 Å². The molecule has 3 nitrogen and oxygen atoms in total. The van der Waals surface area contributed by atoms with E-state index in [1.807, 2.05) is 56.3 Å². The van der Waals surface area contributed by atoms with Gasteiger partial charge < -0.3 is 14.8 Å². The molecule has 140 valence electrons. The van der Waals surface area contributed by atoms with E-state index in [-0.39, 0.29) is 6.10 Å². The monoisotopic (exact) mass is 361 g/mol. The molecule has 1 N–H and O–H groups in total. The number of nitrogens with one attached hydrogen (secondary N) is 1. The zero-order chi connectivity index (χ0) is 18.9. The van der Waals surface area contributed by atoms with Crippen LogP contribution in [0.3, 0.4) is 0 Å². The van der Waals surface area contributed by atoms with E-state index in [0.29, 0.717) is 6.61 Å². The third-order valence-electron chi connectivity index (χ3n) is 4.13. The van der Waals surface area contributed by atoms with Crippen molar-refractivity contribution in [3.05, 3.63) is 90.0 Å². The topological polar surface area (TPSA) is 30.5 Å².